The Morgan fingerprint density at radius 1 is 1.19 bits per heavy atom. The van der Waals surface area contributed by atoms with Crippen LogP contribution in [0.15, 0.2) is 45.6 Å². The first-order chi connectivity index (χ1) is 15.0. The van der Waals surface area contributed by atoms with E-state index in [4.69, 9.17) is 13.9 Å². The maximum atomic E-state index is 13.3. The van der Waals surface area contributed by atoms with Crippen molar-refractivity contribution in [1.82, 2.24) is 4.90 Å². The molecule has 2 aromatic carbocycles. The molecule has 1 aliphatic rings. The Morgan fingerprint density at radius 3 is 2.71 bits per heavy atom. The molecule has 0 bridgehead atoms. The van der Waals surface area contributed by atoms with Crippen LogP contribution in [0.4, 0.5) is 0 Å². The average Bonchev–Trinajstić information content (AvgIpc) is 2.75. The Bertz CT molecular complexity index is 1140. The number of aryl methyl sites for hydroxylation is 1. The minimum atomic E-state index is -0.265. The van der Waals surface area contributed by atoms with Crippen molar-refractivity contribution >= 4 is 11.0 Å². The number of nitrogens with zero attached hydrogens (tertiary/aromatic N) is 1. The molecule has 1 aromatic heterocycles. The summed E-state index contributed by atoms with van der Waals surface area (Å²) < 4.78 is 17.6. The summed E-state index contributed by atoms with van der Waals surface area (Å²) in [4.78, 5) is 15.6. The molecule has 164 valence electrons. The van der Waals surface area contributed by atoms with Crippen LogP contribution in [0.2, 0.25) is 0 Å². The highest BCUT2D eigenvalue weighted by atomic mass is 16.5. The Balaban J connectivity index is 1.74. The first-order valence-corrected chi connectivity index (χ1v) is 10.9. The highest BCUT2D eigenvalue weighted by Crippen LogP contribution is 2.35. The van der Waals surface area contributed by atoms with Gasteiger partial charge in [0, 0.05) is 13.1 Å². The van der Waals surface area contributed by atoms with Gasteiger partial charge < -0.3 is 19.0 Å². The van der Waals surface area contributed by atoms with Gasteiger partial charge in [-0.1, -0.05) is 19.1 Å². The van der Waals surface area contributed by atoms with Crippen LogP contribution in [-0.4, -0.2) is 29.7 Å². The van der Waals surface area contributed by atoms with Crippen LogP contribution < -0.4 is 14.9 Å². The largest absolute Gasteiger partial charge is 0.507 e. The molecule has 1 saturated heterocycles. The van der Waals surface area contributed by atoms with Crippen LogP contribution in [0.1, 0.15) is 38.0 Å². The van der Waals surface area contributed by atoms with Crippen LogP contribution >= 0.6 is 0 Å². The molecular formula is C25H29NO5. The molecule has 31 heavy (non-hydrogen) atoms. The van der Waals surface area contributed by atoms with Gasteiger partial charge in [0.15, 0.2) is 11.5 Å². The van der Waals surface area contributed by atoms with Crippen molar-refractivity contribution in [3.8, 4) is 23.0 Å². The fraction of sp³-hybridized carbons (Fsp3) is 0.400. The quantitative estimate of drug-likeness (QED) is 0.585. The lowest BCUT2D eigenvalue weighted by molar-refractivity contribution is 0.175. The molecule has 1 fully saturated rings. The number of phenols is 1. The van der Waals surface area contributed by atoms with E-state index in [1.165, 1.54) is 6.42 Å². The van der Waals surface area contributed by atoms with Gasteiger partial charge >= 0.3 is 0 Å². The lowest BCUT2D eigenvalue weighted by Crippen LogP contribution is -2.33. The second kappa shape index (κ2) is 9.02. The summed E-state index contributed by atoms with van der Waals surface area (Å²) in [5, 5.41) is 10.9. The van der Waals surface area contributed by atoms with Gasteiger partial charge in [0.2, 0.25) is 11.2 Å². The number of benzene rings is 2. The number of aromatic hydroxyl groups is 1. The third-order valence-corrected chi connectivity index (χ3v) is 5.75. The molecule has 2 heterocycles. The normalized spacial score (nSPS) is 17.1. The van der Waals surface area contributed by atoms with E-state index in [-0.39, 0.29) is 16.9 Å². The van der Waals surface area contributed by atoms with Crippen LogP contribution in [0.3, 0.4) is 0 Å². The van der Waals surface area contributed by atoms with E-state index in [2.05, 4.69) is 11.8 Å². The molecule has 1 N–H and O–H groups in total. The zero-order valence-electron chi connectivity index (χ0n) is 18.3. The molecule has 1 unspecified atom stereocenters. The minimum Gasteiger partial charge on any atom is -0.507 e. The topological polar surface area (TPSA) is 72.1 Å². The van der Waals surface area contributed by atoms with E-state index in [0.717, 1.165) is 19.5 Å². The summed E-state index contributed by atoms with van der Waals surface area (Å²) in [6, 6.07) is 10.4. The van der Waals surface area contributed by atoms with Gasteiger partial charge in [-0.25, -0.2) is 0 Å². The number of hydrogen-bond acceptors (Lipinski definition) is 6. The molecule has 0 amide bonds. The van der Waals surface area contributed by atoms with Gasteiger partial charge in [-0.05, 0) is 63.4 Å². The second-order valence-corrected chi connectivity index (χ2v) is 8.22. The summed E-state index contributed by atoms with van der Waals surface area (Å²) in [6.07, 6.45) is 2.35. The smallest absolute Gasteiger partial charge is 0.235 e. The summed E-state index contributed by atoms with van der Waals surface area (Å²) >= 11 is 0. The Hall–Kier alpha value is -2.99. The number of para-hydroxylation sites is 2. The zero-order chi connectivity index (χ0) is 22.0. The summed E-state index contributed by atoms with van der Waals surface area (Å²) in [6.45, 7) is 8.81. The first kappa shape index (κ1) is 21.2. The summed E-state index contributed by atoms with van der Waals surface area (Å²) in [5.74, 6) is 2.27. The molecule has 0 aliphatic carbocycles. The van der Waals surface area contributed by atoms with Gasteiger partial charge in [-0.3, -0.25) is 9.69 Å². The number of likely N-dealkylation sites (tertiary alicyclic amines) is 1. The van der Waals surface area contributed by atoms with Crippen LogP contribution in [0.25, 0.3) is 11.0 Å². The monoisotopic (exact) mass is 423 g/mol. The Morgan fingerprint density at radius 2 is 1.97 bits per heavy atom. The van der Waals surface area contributed by atoms with Crippen molar-refractivity contribution in [3.05, 3.63) is 57.9 Å². The van der Waals surface area contributed by atoms with Crippen molar-refractivity contribution in [3.63, 3.8) is 0 Å². The molecule has 6 nitrogen and oxygen atoms in total. The van der Waals surface area contributed by atoms with Crippen molar-refractivity contribution < 1.29 is 19.0 Å². The molecular weight excluding hydrogens is 394 g/mol. The average molecular weight is 424 g/mol. The predicted molar refractivity (Wildman–Crippen MR) is 120 cm³/mol. The van der Waals surface area contributed by atoms with E-state index in [1.807, 2.05) is 19.1 Å². The number of phenolic OH excluding ortho intramolecular Hbond substituents is 1. The fourth-order valence-corrected chi connectivity index (χ4v) is 4.24. The Kier molecular flexibility index (Phi) is 6.18. The number of hydrogen-bond donors (Lipinski definition) is 1. The highest BCUT2D eigenvalue weighted by Gasteiger charge is 2.23. The first-order valence-electron chi connectivity index (χ1n) is 10.9. The number of fused-ring (bicyclic) bond motifs is 1. The summed E-state index contributed by atoms with van der Waals surface area (Å²) in [5.41, 5.74) is 0.803. The van der Waals surface area contributed by atoms with Crippen LogP contribution in [0, 0.1) is 12.8 Å². The standard InChI is InChI=1S/C25H29NO5/c1-4-29-21-9-5-6-10-22(21)31-24-17(3)30-25-18(23(24)28)11-12-20(27)19(25)15-26-13-7-8-16(2)14-26/h5-6,9-12,16,27H,4,7-8,13-15H2,1-3H3. The Labute approximate surface area is 182 Å². The van der Waals surface area contributed by atoms with Gasteiger partial charge in [0.1, 0.15) is 17.1 Å². The van der Waals surface area contributed by atoms with Gasteiger partial charge in [-0.15, -0.1) is 0 Å². The van der Waals surface area contributed by atoms with E-state index in [9.17, 15) is 9.90 Å². The van der Waals surface area contributed by atoms with Gasteiger partial charge in [-0.2, -0.15) is 0 Å². The van der Waals surface area contributed by atoms with E-state index < -0.39 is 0 Å². The molecule has 4 rings (SSSR count). The zero-order valence-corrected chi connectivity index (χ0v) is 18.3. The van der Waals surface area contributed by atoms with Crippen LogP contribution in [0.5, 0.6) is 23.0 Å². The number of piperidine rings is 1. The number of ether oxygens (including phenoxy) is 2. The molecule has 1 aliphatic heterocycles. The maximum Gasteiger partial charge on any atom is 0.235 e. The lowest BCUT2D eigenvalue weighted by Gasteiger charge is -2.31. The third kappa shape index (κ3) is 4.39. The molecule has 0 spiro atoms. The minimum absolute atomic E-state index is 0.128. The molecule has 0 radical (unpaired) electrons. The molecule has 1 atom stereocenters. The van der Waals surface area contributed by atoms with Crippen LogP contribution in [-0.2, 0) is 6.54 Å². The lowest BCUT2D eigenvalue weighted by atomic mass is 9.99. The summed E-state index contributed by atoms with van der Waals surface area (Å²) in [7, 11) is 0. The molecule has 0 saturated carbocycles. The van der Waals surface area contributed by atoms with E-state index in [0.29, 0.717) is 52.9 Å². The van der Waals surface area contributed by atoms with E-state index in [1.54, 1.807) is 31.2 Å². The fourth-order valence-electron chi connectivity index (χ4n) is 4.24. The highest BCUT2D eigenvalue weighted by molar-refractivity contribution is 5.83. The van der Waals surface area contributed by atoms with Crippen molar-refractivity contribution in [1.29, 1.82) is 0 Å². The number of rotatable bonds is 6. The van der Waals surface area contributed by atoms with Crippen molar-refractivity contribution in [2.45, 2.75) is 40.2 Å². The maximum absolute atomic E-state index is 13.3. The third-order valence-electron chi connectivity index (χ3n) is 5.75. The SMILES string of the molecule is CCOc1ccccc1Oc1c(C)oc2c(CN3CCCC(C)C3)c(O)ccc2c1=O. The van der Waals surface area contributed by atoms with Crippen molar-refractivity contribution in [2.24, 2.45) is 5.92 Å². The van der Waals surface area contributed by atoms with Gasteiger partial charge in [0.25, 0.3) is 0 Å². The second-order valence-electron chi connectivity index (χ2n) is 8.22. The van der Waals surface area contributed by atoms with Gasteiger partial charge in [0.05, 0.1) is 17.6 Å². The van der Waals surface area contributed by atoms with E-state index >= 15 is 0 Å². The van der Waals surface area contributed by atoms with Crippen molar-refractivity contribution in [2.75, 3.05) is 19.7 Å². The predicted octanol–water partition coefficient (Wildman–Crippen LogP) is 5.23. The molecule has 3 aromatic rings. The molecule has 6 heteroatoms.